The molecule has 0 amide bonds. The number of thiophene rings is 3. The summed E-state index contributed by atoms with van der Waals surface area (Å²) in [5, 5.41) is 0. The smallest absolute Gasteiger partial charge is 0.0507 e. The lowest BCUT2D eigenvalue weighted by Gasteiger charge is -2.15. The minimum atomic E-state index is 0.194. The normalized spacial score (nSPS) is 12.8. The number of hydrogen-bond acceptors (Lipinski definition) is 3. The highest BCUT2D eigenvalue weighted by atomic mass is 127. The standard InChI is InChI=1S/C21H25IS3/c1-12-13(2)19(15-9-11-17(24-15)21(6,7)22)25-18(12)14-8-10-16(23-14)20(3,4)5/h8-11H,1-7H3. The Balaban J connectivity index is 2.04. The Labute approximate surface area is 177 Å². The number of rotatable bonds is 3. The summed E-state index contributed by atoms with van der Waals surface area (Å²) in [7, 11) is 0. The lowest BCUT2D eigenvalue weighted by Crippen LogP contribution is -2.07. The highest BCUT2D eigenvalue weighted by Crippen LogP contribution is 2.48. The predicted molar refractivity (Wildman–Crippen MR) is 126 cm³/mol. The number of halogens is 1. The van der Waals surface area contributed by atoms with Crippen molar-refractivity contribution in [2.24, 2.45) is 0 Å². The van der Waals surface area contributed by atoms with Crippen LogP contribution in [0.15, 0.2) is 24.3 Å². The number of hydrogen-bond donors (Lipinski definition) is 0. The van der Waals surface area contributed by atoms with Crippen molar-refractivity contribution in [2.75, 3.05) is 0 Å². The van der Waals surface area contributed by atoms with E-state index in [4.69, 9.17) is 0 Å². The molecule has 0 aromatic carbocycles. The van der Waals surface area contributed by atoms with Crippen LogP contribution in [0.4, 0.5) is 0 Å². The molecule has 3 heterocycles. The summed E-state index contributed by atoms with van der Waals surface area (Å²) >= 11 is 8.38. The molecule has 25 heavy (non-hydrogen) atoms. The largest absolute Gasteiger partial charge is 0.139 e. The maximum Gasteiger partial charge on any atom is 0.0507 e. The van der Waals surface area contributed by atoms with Crippen molar-refractivity contribution < 1.29 is 0 Å². The van der Waals surface area contributed by atoms with Gasteiger partial charge in [0.05, 0.1) is 3.42 Å². The maximum absolute atomic E-state index is 2.53. The molecule has 0 nitrogen and oxygen atoms in total. The minimum absolute atomic E-state index is 0.194. The first-order valence-corrected chi connectivity index (χ1v) is 12.0. The third kappa shape index (κ3) is 3.92. The van der Waals surface area contributed by atoms with E-state index in [1.807, 2.05) is 34.0 Å². The summed E-state index contributed by atoms with van der Waals surface area (Å²) in [6.07, 6.45) is 0. The number of alkyl halides is 1. The fourth-order valence-electron chi connectivity index (χ4n) is 2.71. The first kappa shape index (κ1) is 19.6. The molecule has 0 N–H and O–H groups in total. The molecule has 0 spiro atoms. The molecule has 0 saturated heterocycles. The average molecular weight is 501 g/mol. The first-order chi connectivity index (χ1) is 11.5. The molecule has 0 unspecified atom stereocenters. The molecule has 0 bridgehead atoms. The van der Waals surface area contributed by atoms with Crippen LogP contribution in [-0.2, 0) is 8.84 Å². The Bertz CT molecular complexity index is 822. The summed E-state index contributed by atoms with van der Waals surface area (Å²) < 4.78 is 0.194. The quantitative estimate of drug-likeness (QED) is 0.249. The monoisotopic (exact) mass is 500 g/mol. The van der Waals surface area contributed by atoms with Crippen LogP contribution in [0.1, 0.15) is 55.5 Å². The Kier molecular flexibility index (Phi) is 5.30. The third-order valence-electron chi connectivity index (χ3n) is 4.43. The van der Waals surface area contributed by atoms with Crippen molar-refractivity contribution in [3.63, 3.8) is 0 Å². The van der Waals surface area contributed by atoms with Gasteiger partial charge in [-0.2, -0.15) is 0 Å². The summed E-state index contributed by atoms with van der Waals surface area (Å²) in [4.78, 5) is 8.60. The van der Waals surface area contributed by atoms with Gasteiger partial charge in [0, 0.05) is 29.3 Å². The second-order valence-electron chi connectivity index (χ2n) is 8.06. The highest BCUT2D eigenvalue weighted by molar-refractivity contribution is 14.1. The Hall–Kier alpha value is -0.170. The zero-order valence-electron chi connectivity index (χ0n) is 15.9. The Morgan fingerprint density at radius 2 is 1.12 bits per heavy atom. The molecular weight excluding hydrogens is 475 g/mol. The molecule has 0 aliphatic rings. The van der Waals surface area contributed by atoms with E-state index in [2.05, 4.69) is 95.3 Å². The fraction of sp³-hybridized carbons (Fsp3) is 0.429. The minimum Gasteiger partial charge on any atom is -0.139 e. The molecule has 3 rings (SSSR count). The fourth-order valence-corrected chi connectivity index (χ4v) is 6.93. The van der Waals surface area contributed by atoms with Crippen LogP contribution in [0.3, 0.4) is 0 Å². The van der Waals surface area contributed by atoms with Crippen LogP contribution in [0.5, 0.6) is 0 Å². The topological polar surface area (TPSA) is 0 Å². The van der Waals surface area contributed by atoms with Gasteiger partial charge < -0.3 is 0 Å². The van der Waals surface area contributed by atoms with E-state index in [1.165, 1.54) is 40.4 Å². The van der Waals surface area contributed by atoms with Gasteiger partial charge in [-0.1, -0.05) is 43.4 Å². The molecule has 0 aliphatic heterocycles. The first-order valence-electron chi connectivity index (χ1n) is 8.49. The SMILES string of the molecule is Cc1c(-c2ccc(C(C)(C)C)s2)sc(-c2ccc(C(C)(C)I)s2)c1C. The van der Waals surface area contributed by atoms with E-state index in [0.717, 1.165) is 0 Å². The Morgan fingerprint density at radius 1 is 0.680 bits per heavy atom. The zero-order valence-corrected chi connectivity index (χ0v) is 20.5. The van der Waals surface area contributed by atoms with Gasteiger partial charge in [0.25, 0.3) is 0 Å². The van der Waals surface area contributed by atoms with Gasteiger partial charge in [-0.05, 0) is 68.5 Å². The third-order valence-corrected chi connectivity index (χ3v) is 10.1. The van der Waals surface area contributed by atoms with Gasteiger partial charge >= 0.3 is 0 Å². The molecular formula is C21H25IS3. The second kappa shape index (κ2) is 6.77. The molecule has 3 aromatic rings. The van der Waals surface area contributed by atoms with Crippen LogP contribution in [0.2, 0.25) is 0 Å². The lowest BCUT2D eigenvalue weighted by atomic mass is 9.95. The van der Waals surface area contributed by atoms with Crippen LogP contribution in [0, 0.1) is 13.8 Å². The van der Waals surface area contributed by atoms with Gasteiger partial charge in [-0.15, -0.1) is 34.0 Å². The molecule has 134 valence electrons. The molecule has 0 atom stereocenters. The maximum atomic E-state index is 2.53. The summed E-state index contributed by atoms with van der Waals surface area (Å²) in [6.45, 7) is 16.0. The van der Waals surface area contributed by atoms with Crippen molar-refractivity contribution in [2.45, 2.75) is 57.3 Å². The van der Waals surface area contributed by atoms with Crippen molar-refractivity contribution in [3.05, 3.63) is 45.1 Å². The Morgan fingerprint density at radius 3 is 1.48 bits per heavy atom. The summed E-state index contributed by atoms with van der Waals surface area (Å²) in [6, 6.07) is 9.21. The van der Waals surface area contributed by atoms with Crippen LogP contribution in [-0.4, -0.2) is 0 Å². The molecule has 0 saturated carbocycles. The van der Waals surface area contributed by atoms with Crippen LogP contribution < -0.4 is 0 Å². The zero-order chi connectivity index (χ0) is 18.6. The van der Waals surface area contributed by atoms with E-state index in [9.17, 15) is 0 Å². The van der Waals surface area contributed by atoms with Crippen molar-refractivity contribution in [1.82, 2.24) is 0 Å². The van der Waals surface area contributed by atoms with E-state index in [1.54, 1.807) is 0 Å². The second-order valence-corrected chi connectivity index (χ2v) is 13.9. The van der Waals surface area contributed by atoms with Gasteiger partial charge in [-0.3, -0.25) is 0 Å². The summed E-state index contributed by atoms with van der Waals surface area (Å²) in [5.74, 6) is 0. The van der Waals surface area contributed by atoms with Gasteiger partial charge in [0.2, 0.25) is 0 Å². The van der Waals surface area contributed by atoms with E-state index >= 15 is 0 Å². The van der Waals surface area contributed by atoms with E-state index < -0.39 is 0 Å². The van der Waals surface area contributed by atoms with Crippen molar-refractivity contribution in [1.29, 1.82) is 0 Å². The van der Waals surface area contributed by atoms with Gasteiger partial charge in [-0.25, -0.2) is 0 Å². The van der Waals surface area contributed by atoms with Gasteiger partial charge in [0.1, 0.15) is 0 Å². The van der Waals surface area contributed by atoms with Crippen molar-refractivity contribution in [3.8, 4) is 19.5 Å². The van der Waals surface area contributed by atoms with E-state index in [0.29, 0.717) is 0 Å². The van der Waals surface area contributed by atoms with Crippen LogP contribution in [0.25, 0.3) is 19.5 Å². The molecule has 4 heteroatoms. The molecule has 0 fully saturated rings. The average Bonchev–Trinajstić information content (AvgIpc) is 3.18. The highest BCUT2D eigenvalue weighted by Gasteiger charge is 2.23. The molecule has 0 radical (unpaired) electrons. The lowest BCUT2D eigenvalue weighted by molar-refractivity contribution is 0.604. The van der Waals surface area contributed by atoms with E-state index in [-0.39, 0.29) is 8.84 Å². The van der Waals surface area contributed by atoms with Gasteiger partial charge in [0.15, 0.2) is 0 Å². The predicted octanol–water partition coefficient (Wildman–Crippen LogP) is 8.79. The summed E-state index contributed by atoms with van der Waals surface area (Å²) in [5.41, 5.74) is 3.09. The molecule has 0 aliphatic carbocycles. The molecule has 3 aromatic heterocycles. The van der Waals surface area contributed by atoms with Crippen molar-refractivity contribution >= 4 is 56.6 Å². The van der Waals surface area contributed by atoms with Crippen LogP contribution >= 0.6 is 56.6 Å².